The molecule has 0 unspecified atom stereocenters. The molecule has 0 amide bonds. The van der Waals surface area contributed by atoms with E-state index in [4.69, 9.17) is 10.9 Å². The summed E-state index contributed by atoms with van der Waals surface area (Å²) < 4.78 is 0. The van der Waals surface area contributed by atoms with Crippen molar-refractivity contribution in [3.63, 3.8) is 0 Å². The minimum Gasteiger partial charge on any atom is -0.477 e. The van der Waals surface area contributed by atoms with Crippen molar-refractivity contribution in [2.45, 2.75) is 5.75 Å². The molecular weight excluding hydrogens is 192 g/mol. The second-order valence-corrected chi connectivity index (χ2v) is 2.48. The summed E-state index contributed by atoms with van der Waals surface area (Å²) in [4.78, 5) is 18.1. The van der Waals surface area contributed by atoms with E-state index < -0.39 is 5.97 Å². The molecule has 1 aromatic heterocycles. The van der Waals surface area contributed by atoms with Crippen molar-refractivity contribution >= 4 is 24.4 Å². The molecule has 0 saturated heterocycles. The predicted octanol–water partition coefficient (Wildman–Crippen LogP) is -0.110. The highest BCUT2D eigenvalue weighted by Gasteiger charge is 2.08. The molecule has 0 saturated carbocycles. The maximum atomic E-state index is 10.6. The predicted molar refractivity (Wildman–Crippen MR) is 49.5 cm³/mol. The number of nitrogens with two attached hydrogens (primary N) is 1. The Labute approximate surface area is 79.6 Å². The van der Waals surface area contributed by atoms with Crippen molar-refractivity contribution in [1.29, 1.82) is 0 Å². The summed E-state index contributed by atoms with van der Waals surface area (Å²) in [7, 11) is 0. The standard InChI is InChI=1S/C6H8N4O2S/c7-10-4-1-3(6(11)12)8-5(2-13)9-4/h1,13H,2,7H2,(H,11,12)(H,8,9,10). The van der Waals surface area contributed by atoms with Crippen LogP contribution in [0.4, 0.5) is 5.82 Å². The zero-order valence-corrected chi connectivity index (χ0v) is 7.45. The highest BCUT2D eigenvalue weighted by atomic mass is 32.1. The molecule has 0 fully saturated rings. The fourth-order valence-electron chi connectivity index (χ4n) is 0.751. The second-order valence-electron chi connectivity index (χ2n) is 2.16. The molecular formula is C6H8N4O2S. The van der Waals surface area contributed by atoms with E-state index in [-0.39, 0.29) is 17.3 Å². The number of aromatic nitrogens is 2. The normalized spacial score (nSPS) is 9.69. The van der Waals surface area contributed by atoms with Crippen LogP contribution in [0.15, 0.2) is 6.07 Å². The van der Waals surface area contributed by atoms with Crippen LogP contribution in [0, 0.1) is 0 Å². The zero-order valence-electron chi connectivity index (χ0n) is 6.56. The first-order chi connectivity index (χ1) is 6.17. The number of carbonyl (C=O) groups is 1. The number of carboxylic acids is 1. The van der Waals surface area contributed by atoms with E-state index in [1.165, 1.54) is 6.07 Å². The number of aromatic carboxylic acids is 1. The van der Waals surface area contributed by atoms with Crippen LogP contribution >= 0.6 is 12.6 Å². The van der Waals surface area contributed by atoms with Gasteiger partial charge in [-0.15, -0.1) is 0 Å². The lowest BCUT2D eigenvalue weighted by Crippen LogP contribution is -2.13. The lowest BCUT2D eigenvalue weighted by atomic mass is 10.4. The number of nitrogens with one attached hydrogen (secondary N) is 1. The number of rotatable bonds is 3. The van der Waals surface area contributed by atoms with Gasteiger partial charge in [0.05, 0.1) is 5.75 Å². The Bertz CT molecular complexity index is 308. The Balaban J connectivity index is 3.14. The highest BCUT2D eigenvalue weighted by Crippen LogP contribution is 2.06. The van der Waals surface area contributed by atoms with Crippen LogP contribution in [0.2, 0.25) is 0 Å². The molecule has 1 heterocycles. The van der Waals surface area contributed by atoms with Crippen LogP contribution in [-0.4, -0.2) is 21.0 Å². The van der Waals surface area contributed by atoms with E-state index in [2.05, 4.69) is 28.0 Å². The van der Waals surface area contributed by atoms with Gasteiger partial charge in [0.15, 0.2) is 5.69 Å². The van der Waals surface area contributed by atoms with Crippen molar-refractivity contribution in [3.05, 3.63) is 17.6 Å². The zero-order chi connectivity index (χ0) is 9.84. The Morgan fingerprint density at radius 2 is 2.38 bits per heavy atom. The summed E-state index contributed by atoms with van der Waals surface area (Å²) in [5.74, 6) is 4.80. The van der Waals surface area contributed by atoms with Crippen LogP contribution in [-0.2, 0) is 5.75 Å². The number of anilines is 1. The van der Waals surface area contributed by atoms with Crippen molar-refractivity contribution in [3.8, 4) is 0 Å². The summed E-state index contributed by atoms with van der Waals surface area (Å²) in [5.41, 5.74) is 2.14. The number of nitrogen functional groups attached to an aromatic ring is 1. The van der Waals surface area contributed by atoms with E-state index >= 15 is 0 Å². The van der Waals surface area contributed by atoms with Crippen LogP contribution in [0.25, 0.3) is 0 Å². The molecule has 0 aliphatic carbocycles. The van der Waals surface area contributed by atoms with Gasteiger partial charge in [-0.25, -0.2) is 20.6 Å². The number of hydrazine groups is 1. The van der Waals surface area contributed by atoms with Gasteiger partial charge in [-0.2, -0.15) is 12.6 Å². The van der Waals surface area contributed by atoms with E-state index in [0.29, 0.717) is 5.82 Å². The fraction of sp³-hybridized carbons (Fsp3) is 0.167. The van der Waals surface area contributed by atoms with E-state index in [9.17, 15) is 4.79 Å². The van der Waals surface area contributed by atoms with Gasteiger partial charge in [-0.3, -0.25) is 0 Å². The van der Waals surface area contributed by atoms with Crippen molar-refractivity contribution < 1.29 is 9.90 Å². The quantitative estimate of drug-likeness (QED) is 0.308. The summed E-state index contributed by atoms with van der Waals surface area (Å²) >= 11 is 3.93. The SMILES string of the molecule is NNc1cc(C(=O)O)nc(CS)n1. The monoisotopic (exact) mass is 200 g/mol. The lowest BCUT2D eigenvalue weighted by Gasteiger charge is -2.02. The maximum Gasteiger partial charge on any atom is 0.354 e. The molecule has 1 aromatic rings. The van der Waals surface area contributed by atoms with Crippen molar-refractivity contribution in [1.82, 2.24) is 9.97 Å². The van der Waals surface area contributed by atoms with Gasteiger partial charge in [0.1, 0.15) is 11.6 Å². The molecule has 0 atom stereocenters. The van der Waals surface area contributed by atoms with Gasteiger partial charge in [-0.05, 0) is 0 Å². The fourth-order valence-corrected chi connectivity index (χ4v) is 0.893. The highest BCUT2D eigenvalue weighted by molar-refractivity contribution is 7.79. The van der Waals surface area contributed by atoms with Crippen LogP contribution in [0.5, 0.6) is 0 Å². The minimum absolute atomic E-state index is 0.105. The lowest BCUT2D eigenvalue weighted by molar-refractivity contribution is 0.0690. The molecule has 0 aliphatic rings. The van der Waals surface area contributed by atoms with Gasteiger partial charge in [0.2, 0.25) is 0 Å². The third-order valence-electron chi connectivity index (χ3n) is 1.28. The molecule has 0 bridgehead atoms. The van der Waals surface area contributed by atoms with Crippen molar-refractivity contribution in [2.24, 2.45) is 5.84 Å². The molecule has 0 radical (unpaired) electrons. The number of thiol groups is 1. The smallest absolute Gasteiger partial charge is 0.354 e. The van der Waals surface area contributed by atoms with Crippen LogP contribution in [0.3, 0.4) is 0 Å². The molecule has 0 aliphatic heterocycles. The minimum atomic E-state index is -1.12. The van der Waals surface area contributed by atoms with E-state index in [1.807, 2.05) is 0 Å². The summed E-state index contributed by atoms with van der Waals surface area (Å²) in [6.07, 6.45) is 0. The average molecular weight is 200 g/mol. The van der Waals surface area contributed by atoms with Gasteiger partial charge in [-0.1, -0.05) is 0 Å². The summed E-state index contributed by atoms with van der Waals surface area (Å²) in [5, 5.41) is 8.64. The van der Waals surface area contributed by atoms with Crippen molar-refractivity contribution in [2.75, 3.05) is 5.43 Å². The van der Waals surface area contributed by atoms with Gasteiger partial charge >= 0.3 is 5.97 Å². The molecule has 7 heteroatoms. The molecule has 4 N–H and O–H groups in total. The Kier molecular flexibility index (Phi) is 3.04. The maximum absolute atomic E-state index is 10.6. The first kappa shape index (κ1) is 9.75. The van der Waals surface area contributed by atoms with Gasteiger partial charge in [0, 0.05) is 6.07 Å². The third kappa shape index (κ3) is 2.30. The average Bonchev–Trinajstić information content (AvgIpc) is 2.16. The summed E-state index contributed by atoms with van der Waals surface area (Å²) in [6.45, 7) is 0. The largest absolute Gasteiger partial charge is 0.477 e. The Morgan fingerprint density at radius 1 is 1.69 bits per heavy atom. The number of carboxylic acid groups (broad SMARTS) is 1. The number of nitrogens with zero attached hydrogens (tertiary/aromatic N) is 2. The second kappa shape index (κ2) is 4.06. The first-order valence-corrected chi connectivity index (χ1v) is 3.99. The van der Waals surface area contributed by atoms with Crippen LogP contribution in [0.1, 0.15) is 16.3 Å². The molecule has 0 aromatic carbocycles. The molecule has 1 rings (SSSR count). The first-order valence-electron chi connectivity index (χ1n) is 3.36. The summed E-state index contributed by atoms with van der Waals surface area (Å²) in [6, 6.07) is 1.25. The Hall–Kier alpha value is -1.34. The topological polar surface area (TPSA) is 101 Å². The molecule has 70 valence electrons. The number of hydrogen-bond acceptors (Lipinski definition) is 6. The molecule has 13 heavy (non-hydrogen) atoms. The molecule has 6 nitrogen and oxygen atoms in total. The van der Waals surface area contributed by atoms with E-state index in [0.717, 1.165) is 0 Å². The third-order valence-corrected chi connectivity index (χ3v) is 1.56. The van der Waals surface area contributed by atoms with E-state index in [1.54, 1.807) is 0 Å². The molecule has 0 spiro atoms. The van der Waals surface area contributed by atoms with Gasteiger partial charge < -0.3 is 10.5 Å². The Morgan fingerprint density at radius 3 is 2.85 bits per heavy atom. The van der Waals surface area contributed by atoms with Crippen LogP contribution < -0.4 is 11.3 Å². The number of hydrogen-bond donors (Lipinski definition) is 4. The van der Waals surface area contributed by atoms with Gasteiger partial charge in [0.25, 0.3) is 0 Å².